The lowest BCUT2D eigenvalue weighted by molar-refractivity contribution is -0.139. The van der Waals surface area contributed by atoms with Crippen LogP contribution in [0.4, 0.5) is 5.69 Å². The van der Waals surface area contributed by atoms with Crippen molar-refractivity contribution in [3.63, 3.8) is 0 Å². The zero-order valence-corrected chi connectivity index (χ0v) is 21.5. The van der Waals surface area contributed by atoms with Crippen LogP contribution in [0.3, 0.4) is 0 Å². The van der Waals surface area contributed by atoms with E-state index in [0.717, 1.165) is 15.8 Å². The highest BCUT2D eigenvalue weighted by molar-refractivity contribution is 9.10. The highest BCUT2D eigenvalue weighted by Crippen LogP contribution is 2.34. The Balaban J connectivity index is 1.81. The molecule has 35 heavy (non-hydrogen) atoms. The third-order valence-electron chi connectivity index (χ3n) is 5.88. The molecule has 0 spiro atoms. The van der Waals surface area contributed by atoms with Gasteiger partial charge in [0.2, 0.25) is 0 Å². The largest absolute Gasteiger partial charge is 0.497 e. The molecule has 1 amide bonds. The first-order valence-corrected chi connectivity index (χ1v) is 12.4. The molecule has 5 rings (SSSR count). The molecule has 0 saturated carbocycles. The number of benzene rings is 2. The molecule has 0 radical (unpaired) electrons. The number of hydrogen-bond acceptors (Lipinski definition) is 7. The lowest BCUT2D eigenvalue weighted by Gasteiger charge is -2.24. The Morgan fingerprint density at radius 1 is 1.20 bits per heavy atom. The van der Waals surface area contributed by atoms with Gasteiger partial charge in [-0.3, -0.25) is 14.2 Å². The van der Waals surface area contributed by atoms with Gasteiger partial charge in [0.15, 0.2) is 4.80 Å². The molecule has 0 unspecified atom stereocenters. The van der Waals surface area contributed by atoms with Crippen LogP contribution in [0.1, 0.15) is 31.0 Å². The smallest absolute Gasteiger partial charge is 0.338 e. The minimum absolute atomic E-state index is 0.186. The van der Waals surface area contributed by atoms with Crippen LogP contribution in [-0.4, -0.2) is 30.2 Å². The third-order valence-corrected chi connectivity index (χ3v) is 7.42. The fraction of sp³-hybridized carbons (Fsp3) is 0.200. The van der Waals surface area contributed by atoms with Crippen molar-refractivity contribution in [2.75, 3.05) is 19.0 Å². The molecule has 1 atom stereocenters. The average Bonchev–Trinajstić information content (AvgIpc) is 3.33. The molecule has 3 aromatic rings. The first-order valence-electron chi connectivity index (χ1n) is 10.8. The van der Waals surface area contributed by atoms with E-state index in [4.69, 9.17) is 9.47 Å². The predicted octanol–water partition coefficient (Wildman–Crippen LogP) is 2.89. The van der Waals surface area contributed by atoms with E-state index in [1.165, 1.54) is 4.57 Å². The summed E-state index contributed by atoms with van der Waals surface area (Å²) in [5, 5.41) is 2.82. The van der Waals surface area contributed by atoms with Gasteiger partial charge in [0.1, 0.15) is 10.3 Å². The van der Waals surface area contributed by atoms with E-state index in [-0.39, 0.29) is 28.2 Å². The van der Waals surface area contributed by atoms with Crippen LogP contribution in [0.5, 0.6) is 5.75 Å². The maximum atomic E-state index is 13.9. The van der Waals surface area contributed by atoms with Gasteiger partial charge in [-0.25, -0.2) is 9.79 Å². The Hall–Kier alpha value is -3.50. The van der Waals surface area contributed by atoms with Gasteiger partial charge in [0, 0.05) is 15.7 Å². The van der Waals surface area contributed by atoms with Crippen molar-refractivity contribution in [3.05, 3.63) is 89.0 Å². The maximum Gasteiger partial charge on any atom is 0.338 e. The van der Waals surface area contributed by atoms with Crippen LogP contribution in [-0.2, 0) is 14.3 Å². The molecule has 2 aliphatic heterocycles. The number of carbonyl (C=O) groups is 2. The first kappa shape index (κ1) is 23.3. The summed E-state index contributed by atoms with van der Waals surface area (Å²) in [6.07, 6.45) is 0. The average molecular weight is 554 g/mol. The molecular weight excluding hydrogens is 534 g/mol. The lowest BCUT2D eigenvalue weighted by Crippen LogP contribution is -2.40. The molecule has 0 aliphatic carbocycles. The topological polar surface area (TPSA) is 99.0 Å². The number of halogens is 1. The van der Waals surface area contributed by atoms with Crippen molar-refractivity contribution >= 4 is 50.4 Å². The van der Waals surface area contributed by atoms with E-state index in [0.29, 0.717) is 33.1 Å². The van der Waals surface area contributed by atoms with Gasteiger partial charge in [0.25, 0.3) is 11.5 Å². The molecule has 8 nitrogen and oxygen atoms in total. The third kappa shape index (κ3) is 3.82. The molecule has 0 bridgehead atoms. The van der Waals surface area contributed by atoms with Crippen molar-refractivity contribution in [2.45, 2.75) is 19.9 Å². The second-order valence-electron chi connectivity index (χ2n) is 7.92. The SMILES string of the molecule is CCOC(=O)C1=C(C)N=c2s/c(=C3\C(=O)Nc4ccc(Br)cc43)c(=O)n2[C@@H]1c1ccc(OC)cc1. The number of allylic oxidation sites excluding steroid dienone is 1. The van der Waals surface area contributed by atoms with Crippen molar-refractivity contribution in [1.29, 1.82) is 0 Å². The number of methoxy groups -OCH3 is 1. The van der Waals surface area contributed by atoms with Gasteiger partial charge >= 0.3 is 5.97 Å². The lowest BCUT2D eigenvalue weighted by atomic mass is 9.96. The number of fused-ring (bicyclic) bond motifs is 2. The molecular formula is C25H20BrN3O5S. The summed E-state index contributed by atoms with van der Waals surface area (Å²) in [5.74, 6) is -0.252. The number of carbonyl (C=O) groups excluding carboxylic acids is 2. The van der Waals surface area contributed by atoms with Gasteiger partial charge in [-0.05, 0) is 49.7 Å². The van der Waals surface area contributed by atoms with Gasteiger partial charge in [0.05, 0.1) is 36.6 Å². The maximum absolute atomic E-state index is 13.9. The number of thiazole rings is 1. The number of nitrogens with zero attached hydrogens (tertiary/aromatic N) is 2. The summed E-state index contributed by atoms with van der Waals surface area (Å²) in [7, 11) is 1.57. The minimum Gasteiger partial charge on any atom is -0.497 e. The van der Waals surface area contributed by atoms with Crippen molar-refractivity contribution in [2.24, 2.45) is 4.99 Å². The van der Waals surface area contributed by atoms with E-state index in [1.54, 1.807) is 57.4 Å². The van der Waals surface area contributed by atoms with Crippen molar-refractivity contribution in [3.8, 4) is 5.75 Å². The van der Waals surface area contributed by atoms with Gasteiger partial charge in [-0.15, -0.1) is 0 Å². The number of anilines is 1. The fourth-order valence-corrected chi connectivity index (χ4v) is 5.81. The summed E-state index contributed by atoms with van der Waals surface area (Å²) >= 11 is 4.57. The van der Waals surface area contributed by atoms with E-state index < -0.39 is 17.6 Å². The van der Waals surface area contributed by atoms with Crippen molar-refractivity contribution in [1.82, 2.24) is 4.57 Å². The predicted molar refractivity (Wildman–Crippen MR) is 135 cm³/mol. The van der Waals surface area contributed by atoms with E-state index >= 15 is 0 Å². The zero-order chi connectivity index (χ0) is 24.9. The molecule has 2 aromatic carbocycles. The number of nitrogens with one attached hydrogen (secondary N) is 1. The summed E-state index contributed by atoms with van der Waals surface area (Å²) in [6.45, 7) is 3.63. The molecule has 178 valence electrons. The Bertz CT molecular complexity index is 1600. The first-order chi connectivity index (χ1) is 16.8. The normalized spacial score (nSPS) is 17.9. The second-order valence-corrected chi connectivity index (χ2v) is 9.81. The Morgan fingerprint density at radius 2 is 1.94 bits per heavy atom. The quantitative estimate of drug-likeness (QED) is 0.501. The van der Waals surface area contributed by atoms with Crippen LogP contribution in [0.2, 0.25) is 0 Å². The zero-order valence-electron chi connectivity index (χ0n) is 19.0. The summed E-state index contributed by atoms with van der Waals surface area (Å²) < 4.78 is 13.1. The minimum atomic E-state index is -0.767. The van der Waals surface area contributed by atoms with Crippen LogP contribution in [0.25, 0.3) is 5.57 Å². The summed E-state index contributed by atoms with van der Waals surface area (Å²) in [4.78, 5) is 44.8. The van der Waals surface area contributed by atoms with Gasteiger partial charge in [-0.1, -0.05) is 39.4 Å². The molecule has 0 saturated heterocycles. The Kier molecular flexibility index (Phi) is 5.94. The molecule has 1 aromatic heterocycles. The highest BCUT2D eigenvalue weighted by Gasteiger charge is 2.35. The number of aromatic nitrogens is 1. The Morgan fingerprint density at radius 3 is 2.63 bits per heavy atom. The van der Waals surface area contributed by atoms with E-state index in [9.17, 15) is 14.4 Å². The Labute approximate surface area is 212 Å². The standard InChI is InChI=1S/C25H20BrN3O5S/c1-4-34-24(32)18-12(2)27-25-29(20(18)13-5-8-15(33-3)9-6-13)23(31)21(35-25)19-16-11-14(26)7-10-17(16)28-22(19)30/h5-11,20H,4H2,1-3H3,(H,28,30)/b21-19-/t20-/m1/s1. The molecule has 2 aliphatic rings. The van der Waals surface area contributed by atoms with E-state index in [2.05, 4.69) is 26.2 Å². The number of amides is 1. The van der Waals surface area contributed by atoms with Crippen LogP contribution < -0.4 is 24.9 Å². The van der Waals surface area contributed by atoms with Crippen LogP contribution >= 0.6 is 27.3 Å². The molecule has 10 heteroatoms. The highest BCUT2D eigenvalue weighted by atomic mass is 79.9. The molecule has 1 N–H and O–H groups in total. The van der Waals surface area contributed by atoms with Crippen molar-refractivity contribution < 1.29 is 19.1 Å². The summed E-state index contributed by atoms with van der Waals surface area (Å²) in [6, 6.07) is 11.8. The van der Waals surface area contributed by atoms with Gasteiger partial charge in [-0.2, -0.15) is 0 Å². The summed E-state index contributed by atoms with van der Waals surface area (Å²) in [5.41, 5.74) is 2.59. The molecule has 0 fully saturated rings. The van der Waals surface area contributed by atoms with Crippen LogP contribution in [0.15, 0.2) is 68.0 Å². The number of hydrogen-bond donors (Lipinski definition) is 1. The van der Waals surface area contributed by atoms with E-state index in [1.807, 2.05) is 6.07 Å². The molecule has 3 heterocycles. The number of ether oxygens (including phenoxy) is 2. The monoisotopic (exact) mass is 553 g/mol. The fourth-order valence-electron chi connectivity index (χ4n) is 4.31. The van der Waals surface area contributed by atoms with Crippen LogP contribution in [0, 0.1) is 0 Å². The second kappa shape index (κ2) is 8.94. The number of esters is 1. The van der Waals surface area contributed by atoms with Gasteiger partial charge < -0.3 is 14.8 Å². The number of rotatable bonds is 4.